The largest absolute Gasteiger partial charge is 0.325 e. The van der Waals surface area contributed by atoms with Crippen LogP contribution in [-0.2, 0) is 4.79 Å². The topological polar surface area (TPSA) is 104 Å². The van der Waals surface area contributed by atoms with Gasteiger partial charge in [0.05, 0.1) is 0 Å². The molecule has 8 heteroatoms. The first-order valence-electron chi connectivity index (χ1n) is 6.64. The lowest BCUT2D eigenvalue weighted by molar-refractivity contribution is -0.119. The molecule has 0 spiro atoms. The number of amides is 2. The van der Waals surface area contributed by atoms with Gasteiger partial charge in [0.1, 0.15) is 18.1 Å². The van der Waals surface area contributed by atoms with Crippen LogP contribution in [0.2, 0.25) is 0 Å². The lowest BCUT2D eigenvalue weighted by Gasteiger charge is -2.23. The summed E-state index contributed by atoms with van der Waals surface area (Å²) in [6, 6.07) is 4.63. The number of carbonyl (C=O) groups excluding carboxylic acids is 2. The standard InChI is InChI=1S/C13H14N6O2/c20-11(17-13-15-8-16-18-13)10-5-3-7-19(10)12(21)9-4-1-2-6-14-9/h1-2,4,6,8,10H,3,5,7H2,(H2,15,16,17,18,20)/t10-/m0/s1. The van der Waals surface area contributed by atoms with Gasteiger partial charge in [-0.1, -0.05) is 6.07 Å². The smallest absolute Gasteiger partial charge is 0.273 e. The first kappa shape index (κ1) is 13.2. The molecule has 108 valence electrons. The van der Waals surface area contributed by atoms with Crippen molar-refractivity contribution >= 4 is 17.8 Å². The predicted octanol–water partition coefficient (Wildman–Crippen LogP) is 0.443. The van der Waals surface area contributed by atoms with E-state index in [1.807, 2.05) is 0 Å². The second-order valence-corrected chi connectivity index (χ2v) is 4.69. The molecule has 3 heterocycles. The number of rotatable bonds is 3. The molecule has 0 saturated carbocycles. The number of hydrogen-bond donors (Lipinski definition) is 2. The molecule has 2 amide bonds. The fraction of sp³-hybridized carbons (Fsp3) is 0.308. The van der Waals surface area contributed by atoms with Crippen molar-refractivity contribution in [2.24, 2.45) is 0 Å². The van der Waals surface area contributed by atoms with Crippen molar-refractivity contribution in [1.82, 2.24) is 25.1 Å². The van der Waals surface area contributed by atoms with Crippen LogP contribution in [0.4, 0.5) is 5.95 Å². The van der Waals surface area contributed by atoms with Gasteiger partial charge in [-0.25, -0.2) is 5.10 Å². The van der Waals surface area contributed by atoms with Crippen molar-refractivity contribution in [3.05, 3.63) is 36.4 Å². The first-order valence-corrected chi connectivity index (χ1v) is 6.64. The summed E-state index contributed by atoms with van der Waals surface area (Å²) >= 11 is 0. The molecule has 1 aliphatic heterocycles. The van der Waals surface area contributed by atoms with E-state index in [-0.39, 0.29) is 17.8 Å². The summed E-state index contributed by atoms with van der Waals surface area (Å²) in [5, 5.41) is 8.84. The minimum Gasteiger partial charge on any atom is -0.325 e. The van der Waals surface area contributed by atoms with Crippen molar-refractivity contribution in [1.29, 1.82) is 0 Å². The van der Waals surface area contributed by atoms with Gasteiger partial charge >= 0.3 is 0 Å². The number of pyridine rings is 1. The molecule has 2 N–H and O–H groups in total. The van der Waals surface area contributed by atoms with Crippen molar-refractivity contribution in [3.63, 3.8) is 0 Å². The maximum atomic E-state index is 12.4. The van der Waals surface area contributed by atoms with Gasteiger partial charge in [0.2, 0.25) is 11.9 Å². The van der Waals surface area contributed by atoms with Crippen LogP contribution in [0.1, 0.15) is 23.3 Å². The molecule has 2 aromatic heterocycles. The molecule has 1 fully saturated rings. The van der Waals surface area contributed by atoms with Crippen LogP contribution >= 0.6 is 0 Å². The highest BCUT2D eigenvalue weighted by atomic mass is 16.2. The third kappa shape index (κ3) is 2.73. The fourth-order valence-corrected chi connectivity index (χ4v) is 2.38. The molecule has 8 nitrogen and oxygen atoms in total. The van der Waals surface area contributed by atoms with E-state index in [4.69, 9.17) is 0 Å². The Bertz CT molecular complexity index is 627. The van der Waals surface area contributed by atoms with Crippen LogP contribution in [0.3, 0.4) is 0 Å². The molecular formula is C13H14N6O2. The van der Waals surface area contributed by atoms with Gasteiger partial charge in [-0.05, 0) is 25.0 Å². The Morgan fingerprint density at radius 3 is 2.95 bits per heavy atom. The number of nitrogens with one attached hydrogen (secondary N) is 2. The van der Waals surface area contributed by atoms with Gasteiger partial charge in [0.15, 0.2) is 0 Å². The Morgan fingerprint density at radius 1 is 1.33 bits per heavy atom. The summed E-state index contributed by atoms with van der Waals surface area (Å²) in [7, 11) is 0. The molecule has 1 saturated heterocycles. The van der Waals surface area contributed by atoms with Crippen LogP contribution in [0, 0.1) is 0 Å². The van der Waals surface area contributed by atoms with E-state index in [2.05, 4.69) is 25.5 Å². The summed E-state index contributed by atoms with van der Waals surface area (Å²) in [4.78, 5) is 34.1. The molecule has 1 atom stereocenters. The summed E-state index contributed by atoms with van der Waals surface area (Å²) in [6.07, 6.45) is 4.28. The quantitative estimate of drug-likeness (QED) is 0.852. The zero-order valence-corrected chi connectivity index (χ0v) is 11.2. The van der Waals surface area contributed by atoms with E-state index in [9.17, 15) is 9.59 Å². The molecule has 0 radical (unpaired) electrons. The summed E-state index contributed by atoms with van der Waals surface area (Å²) in [5.41, 5.74) is 0.344. The molecule has 21 heavy (non-hydrogen) atoms. The van der Waals surface area contributed by atoms with E-state index in [1.165, 1.54) is 6.33 Å². The minimum atomic E-state index is -0.510. The molecule has 2 aromatic rings. The van der Waals surface area contributed by atoms with E-state index in [0.29, 0.717) is 18.7 Å². The van der Waals surface area contributed by atoms with Crippen molar-refractivity contribution in [2.75, 3.05) is 11.9 Å². The molecule has 0 unspecified atom stereocenters. The zero-order valence-electron chi connectivity index (χ0n) is 11.2. The number of H-pyrrole nitrogens is 1. The third-order valence-electron chi connectivity index (χ3n) is 3.36. The van der Waals surface area contributed by atoms with Crippen molar-refractivity contribution in [3.8, 4) is 0 Å². The van der Waals surface area contributed by atoms with E-state index in [0.717, 1.165) is 6.42 Å². The highest BCUT2D eigenvalue weighted by Crippen LogP contribution is 2.20. The summed E-state index contributed by atoms with van der Waals surface area (Å²) < 4.78 is 0. The SMILES string of the molecule is O=C(Nc1ncn[nH]1)[C@@H]1CCCN1C(=O)c1ccccn1. The molecule has 3 rings (SSSR count). The Kier molecular flexibility index (Phi) is 3.59. The van der Waals surface area contributed by atoms with Crippen LogP contribution in [-0.4, -0.2) is 49.5 Å². The van der Waals surface area contributed by atoms with E-state index >= 15 is 0 Å². The molecule has 0 aromatic carbocycles. The van der Waals surface area contributed by atoms with Gasteiger partial charge < -0.3 is 4.90 Å². The van der Waals surface area contributed by atoms with Gasteiger partial charge in [-0.15, -0.1) is 0 Å². The zero-order chi connectivity index (χ0) is 14.7. The Labute approximate surface area is 120 Å². The van der Waals surface area contributed by atoms with Crippen LogP contribution in [0.15, 0.2) is 30.7 Å². The van der Waals surface area contributed by atoms with Crippen LogP contribution in [0.5, 0.6) is 0 Å². The van der Waals surface area contributed by atoms with Gasteiger partial charge in [-0.3, -0.25) is 19.9 Å². The Morgan fingerprint density at radius 2 is 2.24 bits per heavy atom. The fourth-order valence-electron chi connectivity index (χ4n) is 2.38. The normalized spacial score (nSPS) is 17.7. The second-order valence-electron chi connectivity index (χ2n) is 4.69. The molecule has 0 bridgehead atoms. The minimum absolute atomic E-state index is 0.231. The van der Waals surface area contributed by atoms with Crippen LogP contribution < -0.4 is 5.32 Å². The Hall–Kier alpha value is -2.77. The number of hydrogen-bond acceptors (Lipinski definition) is 5. The number of anilines is 1. The van der Waals surface area contributed by atoms with Crippen molar-refractivity contribution < 1.29 is 9.59 Å². The molecular weight excluding hydrogens is 272 g/mol. The number of carbonyl (C=O) groups is 2. The Balaban J connectivity index is 1.73. The highest BCUT2D eigenvalue weighted by molar-refractivity contribution is 6.00. The van der Waals surface area contributed by atoms with Crippen molar-refractivity contribution in [2.45, 2.75) is 18.9 Å². The number of likely N-dealkylation sites (tertiary alicyclic amines) is 1. The monoisotopic (exact) mass is 286 g/mol. The molecule has 1 aliphatic rings. The lowest BCUT2D eigenvalue weighted by Crippen LogP contribution is -2.43. The third-order valence-corrected chi connectivity index (χ3v) is 3.36. The second kappa shape index (κ2) is 5.70. The number of aromatic nitrogens is 4. The van der Waals surface area contributed by atoms with Gasteiger partial charge in [0, 0.05) is 12.7 Å². The van der Waals surface area contributed by atoms with E-state index < -0.39 is 6.04 Å². The maximum absolute atomic E-state index is 12.4. The average Bonchev–Trinajstić information content (AvgIpc) is 3.18. The van der Waals surface area contributed by atoms with Gasteiger partial charge in [-0.2, -0.15) is 10.1 Å². The number of nitrogens with zero attached hydrogens (tertiary/aromatic N) is 4. The predicted molar refractivity (Wildman–Crippen MR) is 73.3 cm³/mol. The summed E-state index contributed by atoms with van der Waals surface area (Å²) in [6.45, 7) is 0.546. The first-order chi connectivity index (χ1) is 10.3. The number of aromatic amines is 1. The summed E-state index contributed by atoms with van der Waals surface area (Å²) in [5.74, 6) is -0.225. The highest BCUT2D eigenvalue weighted by Gasteiger charge is 2.35. The average molecular weight is 286 g/mol. The van der Waals surface area contributed by atoms with E-state index in [1.54, 1.807) is 29.3 Å². The van der Waals surface area contributed by atoms with Crippen LogP contribution in [0.25, 0.3) is 0 Å². The van der Waals surface area contributed by atoms with Gasteiger partial charge in [0.25, 0.3) is 5.91 Å². The lowest BCUT2D eigenvalue weighted by atomic mass is 10.2. The maximum Gasteiger partial charge on any atom is 0.273 e. The molecule has 0 aliphatic carbocycles.